The second-order valence-electron chi connectivity index (χ2n) is 21.5. The third kappa shape index (κ3) is 22.2. The summed E-state index contributed by atoms with van der Waals surface area (Å²) in [5, 5.41) is 10.3. The fourth-order valence-electron chi connectivity index (χ4n) is 10.5. The number of hydrogen-bond acceptors (Lipinski definition) is 11. The number of nitriles is 1. The molecule has 0 unspecified atom stereocenters. The molecule has 4 aromatic carbocycles. The summed E-state index contributed by atoms with van der Waals surface area (Å²) in [5.41, 5.74) is 10.1. The van der Waals surface area contributed by atoms with Gasteiger partial charge in [-0.15, -0.1) is 0 Å². The molecule has 0 aromatic heterocycles. The van der Waals surface area contributed by atoms with Gasteiger partial charge in [0.1, 0.15) is 42.8 Å². The maximum Gasteiger partial charge on any atom is 0.330 e. The fraction of sp³-hybridized carbons (Fsp3) is 0.514. The number of hydrogen-bond donors (Lipinski definition) is 0. The van der Waals surface area contributed by atoms with Crippen molar-refractivity contribution >= 4 is 17.9 Å². The van der Waals surface area contributed by atoms with Crippen LogP contribution in [-0.4, -0.2) is 44.3 Å². The maximum absolute atomic E-state index is 12.8. The number of carbonyl (C=O) groups is 3. The summed E-state index contributed by atoms with van der Waals surface area (Å²) in [6.07, 6.45) is 26.2. The van der Waals surface area contributed by atoms with Crippen molar-refractivity contribution in [1.29, 1.82) is 5.26 Å². The van der Waals surface area contributed by atoms with Gasteiger partial charge in [0, 0.05) is 43.9 Å². The molecular weight excluding hydrogens is 1010 g/mol. The summed E-state index contributed by atoms with van der Waals surface area (Å²) in [6.45, 7) is 21.8. The Morgan fingerprint density at radius 1 is 0.383 bits per heavy atom. The monoisotopic (exact) mass is 1110 g/mol. The highest BCUT2D eigenvalue weighted by Gasteiger charge is 2.26. The molecule has 11 nitrogen and oxygen atoms in total. The quantitative estimate of drug-likeness (QED) is 0.0161. The van der Waals surface area contributed by atoms with E-state index in [1.807, 2.05) is 0 Å². The molecule has 11 heteroatoms. The third-order valence-electron chi connectivity index (χ3n) is 14.6. The van der Waals surface area contributed by atoms with Crippen LogP contribution in [0.15, 0.2) is 86.5 Å². The van der Waals surface area contributed by atoms with E-state index < -0.39 is 17.9 Å². The first-order valence-electron chi connectivity index (χ1n) is 30.4. The molecule has 0 aliphatic heterocycles. The van der Waals surface area contributed by atoms with Gasteiger partial charge in [0.25, 0.3) is 0 Å². The maximum atomic E-state index is 12.8. The third-order valence-corrected chi connectivity index (χ3v) is 14.6. The van der Waals surface area contributed by atoms with Crippen molar-refractivity contribution in [2.75, 3.05) is 26.4 Å². The molecule has 0 N–H and O–H groups in total. The number of fused-ring (bicyclic) bond motifs is 8. The molecule has 1 aliphatic rings. The summed E-state index contributed by atoms with van der Waals surface area (Å²) in [5.74, 6) is 1.30. The number of esters is 3. The average Bonchev–Trinajstić information content (AvgIpc) is 3.48. The smallest absolute Gasteiger partial charge is 0.330 e. The van der Waals surface area contributed by atoms with Crippen molar-refractivity contribution in [3.8, 4) is 29.1 Å². The molecule has 81 heavy (non-hydrogen) atoms. The van der Waals surface area contributed by atoms with Crippen molar-refractivity contribution in [2.45, 2.75) is 208 Å². The molecule has 0 amide bonds. The molecule has 0 radical (unpaired) electrons. The van der Waals surface area contributed by atoms with E-state index in [9.17, 15) is 19.6 Å². The van der Waals surface area contributed by atoms with Gasteiger partial charge in [-0.25, -0.2) is 14.4 Å². The second-order valence-corrected chi connectivity index (χ2v) is 21.5. The van der Waals surface area contributed by atoms with E-state index in [1.165, 1.54) is 18.2 Å². The molecular formula is C70H93NO10. The van der Waals surface area contributed by atoms with Crippen LogP contribution in [0.25, 0.3) is 0 Å². The minimum absolute atomic E-state index is 0.00658. The van der Waals surface area contributed by atoms with E-state index in [0.717, 1.165) is 212 Å². The minimum Gasteiger partial charge on any atom is -0.493 e. The summed E-state index contributed by atoms with van der Waals surface area (Å²) in [7, 11) is 0. The minimum atomic E-state index is -0.539. The lowest BCUT2D eigenvalue weighted by Crippen LogP contribution is -2.13. The first kappa shape index (κ1) is 65.0. The summed E-state index contributed by atoms with van der Waals surface area (Å²) in [4.78, 5) is 38.3. The highest BCUT2D eigenvalue weighted by atomic mass is 16.5. The van der Waals surface area contributed by atoms with E-state index in [1.54, 1.807) is 0 Å². The Hall–Kier alpha value is -6.80. The van der Waals surface area contributed by atoms with Crippen LogP contribution in [0.2, 0.25) is 0 Å². The van der Waals surface area contributed by atoms with Crippen molar-refractivity contribution in [2.24, 2.45) is 0 Å². The first-order valence-corrected chi connectivity index (χ1v) is 30.4. The standard InChI is InChI=1S/C70H93NO10/c1-8-15-19-23-27-33-75-67-56-37-52(31-32-71)38-57(67)46-59-40-54(50-80-65(73)13-6)42-61(69(59)77-35-29-25-21-17-10-3)48-63-44-55(51-81-66(74)14-7)43-62(70(63)78-36-30-26-22-18-11-4)47-60-41-53(49-79-64(72)12-5)39-58(45-56)68(60)76-34-28-24-20-16-9-2/h12-14,37-44H,5-11,15-31,33-36,45-51H2,1-4H3. The van der Waals surface area contributed by atoms with Crippen LogP contribution in [0.1, 0.15) is 223 Å². The molecule has 0 saturated carbocycles. The van der Waals surface area contributed by atoms with Crippen molar-refractivity contribution in [3.63, 3.8) is 0 Å². The van der Waals surface area contributed by atoms with Crippen LogP contribution >= 0.6 is 0 Å². The van der Waals surface area contributed by atoms with Crippen LogP contribution < -0.4 is 18.9 Å². The topological polar surface area (TPSA) is 140 Å². The lowest BCUT2D eigenvalue weighted by molar-refractivity contribution is -0.139. The van der Waals surface area contributed by atoms with Crippen LogP contribution in [0.4, 0.5) is 0 Å². The fourth-order valence-corrected chi connectivity index (χ4v) is 10.5. The lowest BCUT2D eigenvalue weighted by atomic mass is 9.88. The highest BCUT2D eigenvalue weighted by molar-refractivity contribution is 5.82. The SMILES string of the molecule is C=CC(=O)OCc1cc2c(OCCCCCCC)c(c1)Cc1cc(COC(=O)C=C)cc(c1OCCCCCCC)Cc1cc(COC(=O)C=C)cc(c1OCCCCCCC)Cc1cc(CC#N)cc(c1OCCCCCCC)C2. The van der Waals surface area contributed by atoms with Crippen molar-refractivity contribution in [1.82, 2.24) is 0 Å². The molecule has 0 fully saturated rings. The van der Waals surface area contributed by atoms with Crippen molar-refractivity contribution in [3.05, 3.63) is 153 Å². The predicted molar refractivity (Wildman–Crippen MR) is 323 cm³/mol. The zero-order chi connectivity index (χ0) is 58.0. The number of ether oxygens (including phenoxy) is 7. The highest BCUT2D eigenvalue weighted by Crippen LogP contribution is 2.42. The molecule has 8 bridgehead atoms. The van der Waals surface area contributed by atoms with Gasteiger partial charge in [0.2, 0.25) is 0 Å². The van der Waals surface area contributed by atoms with Gasteiger partial charge in [-0.1, -0.05) is 162 Å². The largest absolute Gasteiger partial charge is 0.493 e. The average molecular weight is 1110 g/mol. The molecule has 0 heterocycles. The number of carbonyl (C=O) groups excluding carboxylic acids is 3. The normalized spacial score (nSPS) is 11.7. The molecule has 1 aliphatic carbocycles. The van der Waals surface area contributed by atoms with E-state index >= 15 is 0 Å². The van der Waals surface area contributed by atoms with Gasteiger partial charge in [0.15, 0.2) is 0 Å². The van der Waals surface area contributed by atoms with E-state index in [0.29, 0.717) is 57.9 Å². The zero-order valence-corrected chi connectivity index (χ0v) is 49.6. The van der Waals surface area contributed by atoms with Gasteiger partial charge < -0.3 is 33.2 Å². The van der Waals surface area contributed by atoms with Gasteiger partial charge in [-0.2, -0.15) is 5.26 Å². The molecule has 438 valence electrons. The predicted octanol–water partition coefficient (Wildman–Crippen LogP) is 16.5. The molecule has 4 aromatic rings. The van der Waals surface area contributed by atoms with Crippen LogP contribution in [0.5, 0.6) is 23.0 Å². The number of rotatable bonds is 38. The lowest BCUT2D eigenvalue weighted by Gasteiger charge is -2.25. The Kier molecular flexibility index (Phi) is 29.9. The van der Waals surface area contributed by atoms with E-state index in [4.69, 9.17) is 33.2 Å². The zero-order valence-electron chi connectivity index (χ0n) is 49.6. The van der Waals surface area contributed by atoms with Gasteiger partial charge >= 0.3 is 17.9 Å². The Morgan fingerprint density at radius 2 is 0.605 bits per heavy atom. The summed E-state index contributed by atoms with van der Waals surface area (Å²) in [6, 6.07) is 19.0. The molecule has 0 spiro atoms. The Morgan fingerprint density at radius 3 is 0.815 bits per heavy atom. The Labute approximate surface area is 485 Å². The van der Waals surface area contributed by atoms with Gasteiger partial charge in [-0.05, 0) is 129 Å². The summed E-state index contributed by atoms with van der Waals surface area (Å²) < 4.78 is 45.6. The Bertz CT molecular complexity index is 2550. The Balaban J connectivity index is 1.91. The van der Waals surface area contributed by atoms with Gasteiger partial charge in [0.05, 0.1) is 38.9 Å². The van der Waals surface area contributed by atoms with Crippen molar-refractivity contribution < 1.29 is 47.5 Å². The van der Waals surface area contributed by atoms with E-state index in [-0.39, 0.29) is 26.2 Å². The summed E-state index contributed by atoms with van der Waals surface area (Å²) >= 11 is 0. The van der Waals surface area contributed by atoms with Crippen LogP contribution in [-0.2, 0) is 80.5 Å². The van der Waals surface area contributed by atoms with Gasteiger partial charge in [-0.3, -0.25) is 0 Å². The van der Waals surface area contributed by atoms with Crippen LogP contribution in [0.3, 0.4) is 0 Å². The van der Waals surface area contributed by atoms with E-state index in [2.05, 4.69) is 102 Å². The number of nitrogens with zero attached hydrogens (tertiary/aromatic N) is 1. The molecule has 5 rings (SSSR count). The first-order chi connectivity index (χ1) is 39.6. The molecule has 0 atom stereocenters. The number of benzene rings is 4. The van der Waals surface area contributed by atoms with Crippen LogP contribution in [0, 0.1) is 11.3 Å². The second kappa shape index (κ2) is 37.3. The molecule has 0 saturated heterocycles. The number of unbranched alkanes of at least 4 members (excludes halogenated alkanes) is 16.